The number of fused-ring (bicyclic) bond motifs is 1. The first-order chi connectivity index (χ1) is 8.93. The Bertz CT molecular complexity index is 580. The number of nitrogens with two attached hydrogens (primary N) is 1. The molecule has 2 N–H and O–H groups in total. The molecule has 0 saturated heterocycles. The molecule has 0 unspecified atom stereocenters. The first kappa shape index (κ1) is 14.0. The van der Waals surface area contributed by atoms with Gasteiger partial charge in [-0.25, -0.2) is 0 Å². The van der Waals surface area contributed by atoms with Gasteiger partial charge in [-0.2, -0.15) is 0 Å². The van der Waals surface area contributed by atoms with Gasteiger partial charge in [0.15, 0.2) is 0 Å². The molecule has 19 heavy (non-hydrogen) atoms. The van der Waals surface area contributed by atoms with Crippen LogP contribution in [0.5, 0.6) is 0 Å². The van der Waals surface area contributed by atoms with E-state index in [1.165, 1.54) is 16.5 Å². The summed E-state index contributed by atoms with van der Waals surface area (Å²) in [5.74, 6) is 0. The number of para-hydroxylation sites is 1. The Morgan fingerprint density at radius 2 is 1.95 bits per heavy atom. The van der Waals surface area contributed by atoms with Crippen LogP contribution < -0.4 is 5.73 Å². The number of hydrogen-bond donors (Lipinski definition) is 1. The lowest BCUT2D eigenvalue weighted by Crippen LogP contribution is -2.13. The van der Waals surface area contributed by atoms with Crippen LogP contribution >= 0.6 is 0 Å². The summed E-state index contributed by atoms with van der Waals surface area (Å²) >= 11 is 0. The van der Waals surface area contributed by atoms with E-state index in [2.05, 4.69) is 52.0 Å². The van der Waals surface area contributed by atoms with Crippen molar-refractivity contribution < 1.29 is 0 Å². The van der Waals surface area contributed by atoms with Crippen LogP contribution in [0.4, 0.5) is 0 Å². The van der Waals surface area contributed by atoms with E-state index in [0.29, 0.717) is 0 Å². The SMILES string of the molecule is Cc1cc(CCCN)c2cccc(C(C)(C)C)c2n1. The van der Waals surface area contributed by atoms with Crippen LogP contribution in [0.25, 0.3) is 10.9 Å². The minimum Gasteiger partial charge on any atom is -0.330 e. The van der Waals surface area contributed by atoms with E-state index in [1.54, 1.807) is 0 Å². The lowest BCUT2D eigenvalue weighted by molar-refractivity contribution is 0.594. The average molecular weight is 256 g/mol. The Labute approximate surface area is 116 Å². The van der Waals surface area contributed by atoms with Crippen molar-refractivity contribution in [3.8, 4) is 0 Å². The number of rotatable bonds is 3. The highest BCUT2D eigenvalue weighted by Crippen LogP contribution is 2.30. The molecule has 1 aromatic carbocycles. The molecule has 1 aromatic heterocycles. The van der Waals surface area contributed by atoms with Gasteiger partial charge in [0.05, 0.1) is 5.52 Å². The van der Waals surface area contributed by atoms with Gasteiger partial charge in [0, 0.05) is 11.1 Å². The van der Waals surface area contributed by atoms with Gasteiger partial charge in [0.1, 0.15) is 0 Å². The summed E-state index contributed by atoms with van der Waals surface area (Å²) in [7, 11) is 0. The molecule has 0 aliphatic heterocycles. The number of aryl methyl sites for hydroxylation is 2. The van der Waals surface area contributed by atoms with E-state index in [9.17, 15) is 0 Å². The minimum atomic E-state index is 0.117. The van der Waals surface area contributed by atoms with Crippen molar-refractivity contribution >= 4 is 10.9 Å². The maximum atomic E-state index is 5.64. The van der Waals surface area contributed by atoms with Crippen molar-refractivity contribution in [2.45, 2.75) is 46.0 Å². The molecule has 0 fully saturated rings. The number of nitrogens with zero attached hydrogens (tertiary/aromatic N) is 1. The van der Waals surface area contributed by atoms with Crippen molar-refractivity contribution in [1.29, 1.82) is 0 Å². The standard InChI is InChI=1S/C17H24N2/c1-12-11-13(7-6-10-18)14-8-5-9-15(16(14)19-12)17(2,3)4/h5,8-9,11H,6-7,10,18H2,1-4H3. The molecular weight excluding hydrogens is 232 g/mol. The van der Waals surface area contributed by atoms with Crippen molar-refractivity contribution in [1.82, 2.24) is 4.98 Å². The first-order valence-corrected chi connectivity index (χ1v) is 7.03. The number of benzene rings is 1. The third-order valence-electron chi connectivity index (χ3n) is 3.51. The topological polar surface area (TPSA) is 38.9 Å². The molecule has 0 atom stereocenters. The molecule has 102 valence electrons. The Morgan fingerprint density at radius 3 is 2.58 bits per heavy atom. The smallest absolute Gasteiger partial charge is 0.0745 e. The second-order valence-corrected chi connectivity index (χ2v) is 6.27. The fourth-order valence-electron chi connectivity index (χ4n) is 2.57. The number of hydrogen-bond acceptors (Lipinski definition) is 2. The molecule has 0 aliphatic rings. The highest BCUT2D eigenvalue weighted by atomic mass is 14.7. The Balaban J connectivity index is 2.66. The summed E-state index contributed by atoms with van der Waals surface area (Å²) in [5, 5.41) is 1.28. The van der Waals surface area contributed by atoms with E-state index in [4.69, 9.17) is 10.7 Å². The molecule has 2 heteroatoms. The summed E-state index contributed by atoms with van der Waals surface area (Å²) in [4.78, 5) is 4.78. The molecule has 0 spiro atoms. The van der Waals surface area contributed by atoms with Crippen molar-refractivity contribution in [2.75, 3.05) is 6.54 Å². The summed E-state index contributed by atoms with van der Waals surface area (Å²) in [5.41, 5.74) is 10.7. The highest BCUT2D eigenvalue weighted by molar-refractivity contribution is 5.86. The van der Waals surface area contributed by atoms with Gasteiger partial charge in [-0.15, -0.1) is 0 Å². The summed E-state index contributed by atoms with van der Waals surface area (Å²) < 4.78 is 0. The van der Waals surface area contributed by atoms with Gasteiger partial charge in [-0.05, 0) is 48.9 Å². The number of pyridine rings is 1. The van der Waals surface area contributed by atoms with Gasteiger partial charge in [-0.3, -0.25) is 4.98 Å². The Kier molecular flexibility index (Phi) is 3.91. The molecule has 0 amide bonds. The Morgan fingerprint density at radius 1 is 1.21 bits per heavy atom. The van der Waals surface area contributed by atoms with Gasteiger partial charge < -0.3 is 5.73 Å². The molecule has 2 nitrogen and oxygen atoms in total. The van der Waals surface area contributed by atoms with Crippen LogP contribution in [-0.2, 0) is 11.8 Å². The van der Waals surface area contributed by atoms with E-state index in [1.807, 2.05) is 0 Å². The van der Waals surface area contributed by atoms with Gasteiger partial charge in [0.25, 0.3) is 0 Å². The van der Waals surface area contributed by atoms with Crippen molar-refractivity contribution in [3.05, 3.63) is 41.1 Å². The zero-order valence-electron chi connectivity index (χ0n) is 12.5. The van der Waals surface area contributed by atoms with Gasteiger partial charge in [0.2, 0.25) is 0 Å². The zero-order valence-corrected chi connectivity index (χ0v) is 12.5. The average Bonchev–Trinajstić information content (AvgIpc) is 2.33. The molecule has 0 saturated carbocycles. The third-order valence-corrected chi connectivity index (χ3v) is 3.51. The molecule has 0 radical (unpaired) electrons. The summed E-state index contributed by atoms with van der Waals surface area (Å²) in [6.45, 7) is 9.54. The molecular formula is C17H24N2. The van der Waals surface area contributed by atoms with Gasteiger partial charge in [-0.1, -0.05) is 39.0 Å². The van der Waals surface area contributed by atoms with Crippen LogP contribution in [0, 0.1) is 6.92 Å². The predicted molar refractivity (Wildman–Crippen MR) is 82.6 cm³/mol. The van der Waals surface area contributed by atoms with Crippen LogP contribution in [0.3, 0.4) is 0 Å². The second kappa shape index (κ2) is 5.30. The second-order valence-electron chi connectivity index (χ2n) is 6.27. The van der Waals surface area contributed by atoms with Gasteiger partial charge >= 0.3 is 0 Å². The van der Waals surface area contributed by atoms with Crippen LogP contribution in [0.2, 0.25) is 0 Å². The molecule has 2 rings (SSSR count). The molecule has 0 aliphatic carbocycles. The Hall–Kier alpha value is -1.41. The summed E-state index contributed by atoms with van der Waals surface area (Å²) in [6, 6.07) is 8.72. The first-order valence-electron chi connectivity index (χ1n) is 7.03. The number of aromatic nitrogens is 1. The fourth-order valence-corrected chi connectivity index (χ4v) is 2.57. The van der Waals surface area contributed by atoms with E-state index >= 15 is 0 Å². The highest BCUT2D eigenvalue weighted by Gasteiger charge is 2.18. The molecule has 2 aromatic rings. The van der Waals surface area contributed by atoms with Crippen molar-refractivity contribution in [2.24, 2.45) is 5.73 Å². The fraction of sp³-hybridized carbons (Fsp3) is 0.471. The van der Waals surface area contributed by atoms with Crippen LogP contribution in [-0.4, -0.2) is 11.5 Å². The normalized spacial score (nSPS) is 12.1. The maximum Gasteiger partial charge on any atom is 0.0745 e. The van der Waals surface area contributed by atoms with E-state index in [0.717, 1.165) is 30.6 Å². The molecule has 1 heterocycles. The predicted octanol–water partition coefficient (Wildman–Crippen LogP) is 3.73. The molecule has 0 bridgehead atoms. The lowest BCUT2D eigenvalue weighted by Gasteiger charge is -2.21. The maximum absolute atomic E-state index is 5.64. The van der Waals surface area contributed by atoms with Crippen LogP contribution in [0.1, 0.15) is 44.0 Å². The lowest BCUT2D eigenvalue weighted by atomic mass is 9.84. The summed E-state index contributed by atoms with van der Waals surface area (Å²) in [6.07, 6.45) is 2.06. The van der Waals surface area contributed by atoms with Crippen LogP contribution in [0.15, 0.2) is 24.3 Å². The van der Waals surface area contributed by atoms with Crippen molar-refractivity contribution in [3.63, 3.8) is 0 Å². The minimum absolute atomic E-state index is 0.117. The third kappa shape index (κ3) is 2.95. The zero-order chi connectivity index (χ0) is 14.0. The largest absolute Gasteiger partial charge is 0.330 e. The monoisotopic (exact) mass is 256 g/mol. The van der Waals surface area contributed by atoms with E-state index in [-0.39, 0.29) is 5.41 Å². The quantitative estimate of drug-likeness (QED) is 0.908. The van der Waals surface area contributed by atoms with E-state index < -0.39 is 0 Å².